The van der Waals surface area contributed by atoms with Crippen LogP contribution in [-0.4, -0.2) is 27.5 Å². The predicted molar refractivity (Wildman–Crippen MR) is 68.5 cm³/mol. The van der Waals surface area contributed by atoms with Crippen molar-refractivity contribution >= 4 is 14.7 Å². The summed E-state index contributed by atoms with van der Waals surface area (Å²) in [6.45, 7) is 8.76. The molecule has 0 radical (unpaired) electrons. The molecular weight excluding hydrogens is 246 g/mol. The third-order valence-corrected chi connectivity index (χ3v) is 9.43. The standard InChI is InChI=1S/C10H24O4P2/c1-8(2)6-15(11,12)10(5)16(13,14)7-9(3)4/h8-10H,6-7H2,1-5H3,(H,11,12)(H,13,14). The van der Waals surface area contributed by atoms with Crippen molar-refractivity contribution in [3.05, 3.63) is 0 Å². The summed E-state index contributed by atoms with van der Waals surface area (Å²) in [6.07, 6.45) is 0.216. The fourth-order valence-electron chi connectivity index (χ4n) is 1.63. The Bertz CT molecular complexity index is 282. The maximum atomic E-state index is 12.0. The van der Waals surface area contributed by atoms with Crippen LogP contribution in [0.3, 0.4) is 0 Å². The van der Waals surface area contributed by atoms with E-state index in [-0.39, 0.29) is 24.2 Å². The molecule has 6 heteroatoms. The van der Waals surface area contributed by atoms with Gasteiger partial charge < -0.3 is 9.79 Å². The summed E-state index contributed by atoms with van der Waals surface area (Å²) in [7, 11) is -7.06. The molecule has 2 atom stereocenters. The summed E-state index contributed by atoms with van der Waals surface area (Å²) < 4.78 is 24.0. The van der Waals surface area contributed by atoms with Crippen molar-refractivity contribution in [3.8, 4) is 0 Å². The van der Waals surface area contributed by atoms with Crippen LogP contribution in [0, 0.1) is 11.8 Å². The Kier molecular flexibility index (Phi) is 5.96. The van der Waals surface area contributed by atoms with Crippen LogP contribution in [0.25, 0.3) is 0 Å². The molecule has 0 amide bonds. The molecule has 2 unspecified atom stereocenters. The lowest BCUT2D eigenvalue weighted by Gasteiger charge is -2.26. The minimum absolute atomic E-state index is 0.0531. The molecule has 0 aromatic heterocycles. The van der Waals surface area contributed by atoms with Crippen molar-refractivity contribution in [2.45, 2.75) is 40.0 Å². The molecule has 0 aliphatic heterocycles. The molecule has 0 aliphatic carbocycles. The quantitative estimate of drug-likeness (QED) is 0.727. The molecule has 0 bridgehead atoms. The first-order valence-electron chi connectivity index (χ1n) is 5.62. The second-order valence-corrected chi connectivity index (χ2v) is 11.0. The zero-order valence-electron chi connectivity index (χ0n) is 10.8. The van der Waals surface area contributed by atoms with Gasteiger partial charge in [-0.05, 0) is 18.8 Å². The first kappa shape index (κ1) is 16.4. The van der Waals surface area contributed by atoms with Gasteiger partial charge in [-0.2, -0.15) is 0 Å². The second kappa shape index (κ2) is 5.82. The van der Waals surface area contributed by atoms with Gasteiger partial charge in [0, 0.05) is 12.3 Å². The van der Waals surface area contributed by atoms with Crippen molar-refractivity contribution in [3.63, 3.8) is 0 Å². The van der Waals surface area contributed by atoms with Gasteiger partial charge in [-0.3, -0.25) is 9.13 Å². The molecule has 0 saturated heterocycles. The molecule has 0 aliphatic rings. The SMILES string of the molecule is CC(C)CP(=O)(O)C(C)P(=O)(O)CC(C)C. The number of rotatable bonds is 6. The van der Waals surface area contributed by atoms with E-state index in [9.17, 15) is 18.9 Å². The maximum Gasteiger partial charge on any atom is 0.213 e. The fraction of sp³-hybridized carbons (Fsp3) is 1.00. The third-order valence-electron chi connectivity index (χ3n) is 2.42. The van der Waals surface area contributed by atoms with E-state index in [1.54, 1.807) is 0 Å². The van der Waals surface area contributed by atoms with Crippen molar-refractivity contribution in [1.82, 2.24) is 0 Å². The Morgan fingerprint density at radius 1 is 0.812 bits per heavy atom. The van der Waals surface area contributed by atoms with E-state index in [4.69, 9.17) is 0 Å². The maximum absolute atomic E-state index is 12.0. The summed E-state index contributed by atoms with van der Waals surface area (Å²) in [4.78, 5) is 19.7. The van der Waals surface area contributed by atoms with Crippen LogP contribution >= 0.6 is 14.7 Å². The molecule has 98 valence electrons. The van der Waals surface area contributed by atoms with E-state index in [2.05, 4.69) is 0 Å². The van der Waals surface area contributed by atoms with Crippen LogP contribution in [0.4, 0.5) is 0 Å². The highest BCUT2D eigenvalue weighted by Crippen LogP contribution is 2.65. The average molecular weight is 270 g/mol. The lowest BCUT2D eigenvalue weighted by molar-refractivity contribution is 0.443. The summed E-state index contributed by atoms with van der Waals surface area (Å²) in [5.41, 5.74) is 0. The van der Waals surface area contributed by atoms with E-state index in [1.807, 2.05) is 27.7 Å². The largest absolute Gasteiger partial charge is 0.344 e. The summed E-state index contributed by atoms with van der Waals surface area (Å²) in [5, 5.41) is -1.01. The molecule has 0 spiro atoms. The molecule has 4 nitrogen and oxygen atoms in total. The van der Waals surface area contributed by atoms with E-state index in [0.717, 1.165) is 0 Å². The van der Waals surface area contributed by atoms with Gasteiger partial charge in [0.2, 0.25) is 14.7 Å². The Hall–Kier alpha value is 0.380. The first-order valence-corrected chi connectivity index (χ1v) is 9.45. The van der Waals surface area contributed by atoms with Gasteiger partial charge >= 0.3 is 0 Å². The van der Waals surface area contributed by atoms with Crippen molar-refractivity contribution < 1.29 is 18.9 Å². The number of hydrogen-bond donors (Lipinski definition) is 2. The highest BCUT2D eigenvalue weighted by Gasteiger charge is 2.41. The van der Waals surface area contributed by atoms with Crippen molar-refractivity contribution in [2.24, 2.45) is 11.8 Å². The fourth-order valence-corrected chi connectivity index (χ4v) is 7.16. The van der Waals surface area contributed by atoms with Gasteiger partial charge in [0.15, 0.2) is 0 Å². The topological polar surface area (TPSA) is 74.6 Å². The zero-order chi connectivity index (χ0) is 13.1. The van der Waals surface area contributed by atoms with Gasteiger partial charge in [-0.1, -0.05) is 27.7 Å². The van der Waals surface area contributed by atoms with Crippen LogP contribution in [-0.2, 0) is 9.13 Å². The van der Waals surface area contributed by atoms with E-state index < -0.39 is 20.1 Å². The smallest absolute Gasteiger partial charge is 0.213 e. The van der Waals surface area contributed by atoms with Gasteiger partial charge in [0.25, 0.3) is 0 Å². The van der Waals surface area contributed by atoms with Gasteiger partial charge in [-0.15, -0.1) is 0 Å². The normalized spacial score (nSPS) is 21.8. The summed E-state index contributed by atoms with van der Waals surface area (Å²) in [5.74, 6) is 0.106. The minimum Gasteiger partial charge on any atom is -0.344 e. The van der Waals surface area contributed by atoms with E-state index >= 15 is 0 Å². The molecule has 0 aromatic carbocycles. The zero-order valence-corrected chi connectivity index (χ0v) is 12.5. The Balaban J connectivity index is 4.83. The van der Waals surface area contributed by atoms with Gasteiger partial charge in [-0.25, -0.2) is 0 Å². The molecule has 0 rings (SSSR count). The van der Waals surface area contributed by atoms with E-state index in [1.165, 1.54) is 6.92 Å². The van der Waals surface area contributed by atoms with Crippen molar-refractivity contribution in [2.75, 3.05) is 12.3 Å². The summed E-state index contributed by atoms with van der Waals surface area (Å²) in [6, 6.07) is 0. The Morgan fingerprint density at radius 3 is 1.25 bits per heavy atom. The predicted octanol–water partition coefficient (Wildman–Crippen LogP) is 3.19. The third kappa shape index (κ3) is 5.14. The van der Waals surface area contributed by atoms with Gasteiger partial charge in [0.1, 0.15) is 5.40 Å². The molecule has 0 heterocycles. The highest BCUT2D eigenvalue weighted by molar-refractivity contribution is 7.76. The average Bonchev–Trinajstić information content (AvgIpc) is 1.97. The highest BCUT2D eigenvalue weighted by atomic mass is 31.2. The van der Waals surface area contributed by atoms with Crippen LogP contribution < -0.4 is 0 Å². The molecule has 0 aromatic rings. The lowest BCUT2D eigenvalue weighted by Crippen LogP contribution is -2.14. The Morgan fingerprint density at radius 2 is 1.06 bits per heavy atom. The molecule has 0 saturated carbocycles. The number of hydrogen-bond acceptors (Lipinski definition) is 2. The Labute approximate surface area is 98.4 Å². The second-order valence-electron chi connectivity index (χ2n) is 5.30. The minimum atomic E-state index is -3.53. The molecule has 2 N–H and O–H groups in total. The lowest BCUT2D eigenvalue weighted by atomic mass is 10.3. The monoisotopic (exact) mass is 270 g/mol. The van der Waals surface area contributed by atoms with Crippen molar-refractivity contribution in [1.29, 1.82) is 0 Å². The van der Waals surface area contributed by atoms with Crippen LogP contribution in [0.2, 0.25) is 0 Å². The molecule has 0 fully saturated rings. The van der Waals surface area contributed by atoms with Crippen LogP contribution in [0.5, 0.6) is 0 Å². The summed E-state index contributed by atoms with van der Waals surface area (Å²) >= 11 is 0. The molecule has 16 heavy (non-hydrogen) atoms. The first-order chi connectivity index (χ1) is 6.99. The molecular formula is C10H24O4P2. The van der Waals surface area contributed by atoms with Gasteiger partial charge in [0.05, 0.1) is 0 Å². The van der Waals surface area contributed by atoms with Crippen LogP contribution in [0.1, 0.15) is 34.6 Å². The van der Waals surface area contributed by atoms with E-state index in [0.29, 0.717) is 0 Å². The van der Waals surface area contributed by atoms with Crippen LogP contribution in [0.15, 0.2) is 0 Å².